The summed E-state index contributed by atoms with van der Waals surface area (Å²) in [4.78, 5) is 25.9. The van der Waals surface area contributed by atoms with Crippen LogP contribution in [-0.2, 0) is 28.3 Å². The van der Waals surface area contributed by atoms with Gasteiger partial charge in [-0.05, 0) is 35.9 Å². The third kappa shape index (κ3) is 3.90. The highest BCUT2D eigenvalue weighted by molar-refractivity contribution is 7.89. The molecular weight excluding hydrogens is 429 g/mol. The number of piperazine rings is 1. The van der Waals surface area contributed by atoms with Crippen LogP contribution in [0.1, 0.15) is 5.56 Å². The molecule has 1 amide bonds. The minimum atomic E-state index is -3.73. The van der Waals surface area contributed by atoms with E-state index in [9.17, 15) is 22.4 Å². The Morgan fingerprint density at radius 2 is 1.83 bits per heavy atom. The maximum atomic E-state index is 13.3. The molecule has 0 spiro atoms. The quantitative estimate of drug-likeness (QED) is 0.609. The molecule has 0 saturated carbocycles. The van der Waals surface area contributed by atoms with Crippen LogP contribution in [0.5, 0.6) is 0 Å². The average Bonchev–Trinajstić information content (AvgIpc) is 3.01. The monoisotopic (exact) mass is 449 g/mol. The predicted molar refractivity (Wildman–Crippen MR) is 113 cm³/mol. The van der Waals surface area contributed by atoms with E-state index in [1.54, 1.807) is 30.1 Å². The summed E-state index contributed by atoms with van der Waals surface area (Å²) in [6.45, 7) is 0.906. The molecule has 0 atom stereocenters. The minimum Gasteiger partial charge on any atom is -0.340 e. The number of rotatable bonds is 4. The van der Waals surface area contributed by atoms with E-state index in [1.165, 1.54) is 33.1 Å². The number of hydrogen-bond donors (Lipinski definition) is 0. The van der Waals surface area contributed by atoms with Crippen LogP contribution in [0.25, 0.3) is 10.2 Å². The van der Waals surface area contributed by atoms with Crippen LogP contribution in [0.2, 0.25) is 0 Å². The Balaban J connectivity index is 1.45. The first-order valence-electron chi connectivity index (χ1n) is 9.37. The summed E-state index contributed by atoms with van der Waals surface area (Å²) in [6.07, 6.45) is 0.0775. The molecule has 0 unspecified atom stereocenters. The van der Waals surface area contributed by atoms with Crippen molar-refractivity contribution in [3.63, 3.8) is 0 Å². The van der Waals surface area contributed by atoms with Crippen LogP contribution in [-0.4, -0.2) is 54.3 Å². The number of benzene rings is 2. The lowest BCUT2D eigenvalue weighted by Gasteiger charge is -2.34. The van der Waals surface area contributed by atoms with Gasteiger partial charge in [-0.25, -0.2) is 12.8 Å². The highest BCUT2D eigenvalue weighted by atomic mass is 32.2. The topological polar surface area (TPSA) is 79.7 Å². The van der Waals surface area contributed by atoms with Crippen molar-refractivity contribution < 1.29 is 17.6 Å². The SMILES string of the molecule is Cn1c(=O)sc2cc(S(=O)(=O)N3CCN(C(=O)Cc4cccc(F)c4)CC3)ccc21. The predicted octanol–water partition coefficient (Wildman–Crippen LogP) is 1.81. The van der Waals surface area contributed by atoms with Crippen LogP contribution in [0.15, 0.2) is 52.2 Å². The number of nitrogens with zero attached hydrogens (tertiary/aromatic N) is 3. The van der Waals surface area contributed by atoms with Gasteiger partial charge in [-0.15, -0.1) is 0 Å². The number of sulfonamides is 1. The number of hydrogen-bond acceptors (Lipinski definition) is 5. The second-order valence-corrected chi connectivity index (χ2v) is 10.1. The van der Waals surface area contributed by atoms with E-state index in [0.29, 0.717) is 15.8 Å². The Morgan fingerprint density at radius 3 is 2.53 bits per heavy atom. The molecule has 0 bridgehead atoms. The van der Waals surface area contributed by atoms with Gasteiger partial charge in [0, 0.05) is 33.2 Å². The number of aryl methyl sites for hydroxylation is 1. The number of fused-ring (bicyclic) bond motifs is 1. The number of thiazole rings is 1. The van der Waals surface area contributed by atoms with E-state index in [4.69, 9.17) is 0 Å². The summed E-state index contributed by atoms with van der Waals surface area (Å²) >= 11 is 1.01. The van der Waals surface area contributed by atoms with Gasteiger partial charge in [0.25, 0.3) is 0 Å². The van der Waals surface area contributed by atoms with E-state index >= 15 is 0 Å². The summed E-state index contributed by atoms with van der Waals surface area (Å²) in [5, 5.41) is 0. The molecule has 0 radical (unpaired) electrons. The van der Waals surface area contributed by atoms with Crippen LogP contribution in [0.3, 0.4) is 0 Å². The Kier molecular flexibility index (Phi) is 5.48. The van der Waals surface area contributed by atoms with Crippen molar-refractivity contribution in [1.82, 2.24) is 13.8 Å². The van der Waals surface area contributed by atoms with Crippen molar-refractivity contribution in [2.75, 3.05) is 26.2 Å². The molecule has 1 aliphatic rings. The zero-order valence-electron chi connectivity index (χ0n) is 16.2. The van der Waals surface area contributed by atoms with Crippen molar-refractivity contribution in [2.45, 2.75) is 11.3 Å². The molecule has 0 aliphatic carbocycles. The van der Waals surface area contributed by atoms with Gasteiger partial charge < -0.3 is 9.47 Å². The van der Waals surface area contributed by atoms with E-state index < -0.39 is 15.8 Å². The summed E-state index contributed by atoms with van der Waals surface area (Å²) in [7, 11) is -2.08. The van der Waals surface area contributed by atoms with Gasteiger partial charge in [0.15, 0.2) is 0 Å². The second kappa shape index (κ2) is 7.93. The first-order valence-corrected chi connectivity index (χ1v) is 11.6. The van der Waals surface area contributed by atoms with Crippen molar-refractivity contribution in [3.05, 3.63) is 63.5 Å². The number of amides is 1. The summed E-state index contributed by atoms with van der Waals surface area (Å²) in [6, 6.07) is 10.6. The Morgan fingerprint density at radius 1 is 1.10 bits per heavy atom. The van der Waals surface area contributed by atoms with Crippen molar-refractivity contribution >= 4 is 37.5 Å². The third-order valence-corrected chi connectivity index (χ3v) is 8.13. The van der Waals surface area contributed by atoms with Gasteiger partial charge in [0.05, 0.1) is 21.5 Å². The molecule has 2 heterocycles. The standard InChI is InChI=1S/C20H20FN3O4S2/c1-22-17-6-5-16(13-18(17)29-20(22)26)30(27,28)24-9-7-23(8-10-24)19(25)12-14-3-2-4-15(21)11-14/h2-6,11,13H,7-10,12H2,1H3. The van der Waals surface area contributed by atoms with Gasteiger partial charge in [0.1, 0.15) is 5.82 Å². The zero-order valence-corrected chi connectivity index (χ0v) is 17.9. The van der Waals surface area contributed by atoms with Gasteiger partial charge in [0.2, 0.25) is 15.9 Å². The van der Waals surface area contributed by atoms with E-state index in [0.717, 1.165) is 11.3 Å². The van der Waals surface area contributed by atoms with Gasteiger partial charge in [-0.1, -0.05) is 23.5 Å². The zero-order chi connectivity index (χ0) is 21.5. The summed E-state index contributed by atoms with van der Waals surface area (Å²) < 4.78 is 42.8. The molecular formula is C20H20FN3O4S2. The average molecular weight is 450 g/mol. The highest BCUT2D eigenvalue weighted by Crippen LogP contribution is 2.24. The maximum Gasteiger partial charge on any atom is 0.307 e. The molecule has 1 aromatic heterocycles. The molecule has 1 aliphatic heterocycles. The number of halogens is 1. The van der Waals surface area contributed by atoms with Crippen molar-refractivity contribution in [1.29, 1.82) is 0 Å². The van der Waals surface area contributed by atoms with Crippen LogP contribution in [0.4, 0.5) is 4.39 Å². The molecule has 1 fully saturated rings. The summed E-state index contributed by atoms with van der Waals surface area (Å²) in [5.74, 6) is -0.551. The van der Waals surface area contributed by atoms with Gasteiger partial charge in [-0.3, -0.25) is 9.59 Å². The first kappa shape index (κ1) is 20.7. The lowest BCUT2D eigenvalue weighted by atomic mass is 10.1. The van der Waals surface area contributed by atoms with Crippen LogP contribution < -0.4 is 4.87 Å². The molecule has 3 aromatic rings. The maximum absolute atomic E-state index is 13.3. The third-order valence-electron chi connectivity index (χ3n) is 5.24. The highest BCUT2D eigenvalue weighted by Gasteiger charge is 2.30. The lowest BCUT2D eigenvalue weighted by molar-refractivity contribution is -0.131. The van der Waals surface area contributed by atoms with Crippen molar-refractivity contribution in [2.24, 2.45) is 7.05 Å². The number of carbonyl (C=O) groups excluding carboxylic acids is 1. The van der Waals surface area contributed by atoms with Gasteiger partial charge >= 0.3 is 4.87 Å². The lowest BCUT2D eigenvalue weighted by Crippen LogP contribution is -2.50. The second-order valence-electron chi connectivity index (χ2n) is 7.15. The van der Waals surface area contributed by atoms with E-state index in [2.05, 4.69) is 0 Å². The minimum absolute atomic E-state index is 0.0775. The molecule has 4 rings (SSSR count). The van der Waals surface area contributed by atoms with Crippen LogP contribution >= 0.6 is 11.3 Å². The molecule has 0 N–H and O–H groups in total. The fourth-order valence-electron chi connectivity index (χ4n) is 3.53. The fraction of sp³-hybridized carbons (Fsp3) is 0.300. The van der Waals surface area contributed by atoms with E-state index in [1.807, 2.05) is 0 Å². The molecule has 1 saturated heterocycles. The summed E-state index contributed by atoms with van der Waals surface area (Å²) in [5.41, 5.74) is 1.28. The molecule has 30 heavy (non-hydrogen) atoms. The number of carbonyl (C=O) groups is 1. The Bertz CT molecular complexity index is 1270. The molecule has 10 heteroatoms. The van der Waals surface area contributed by atoms with Crippen molar-refractivity contribution in [3.8, 4) is 0 Å². The molecule has 7 nitrogen and oxygen atoms in total. The Labute approximate surface area is 177 Å². The first-order chi connectivity index (χ1) is 14.3. The normalized spacial score (nSPS) is 15.6. The molecule has 2 aromatic carbocycles. The van der Waals surface area contributed by atoms with E-state index in [-0.39, 0.29) is 48.3 Å². The fourth-order valence-corrected chi connectivity index (χ4v) is 5.98. The largest absolute Gasteiger partial charge is 0.340 e. The van der Waals surface area contributed by atoms with Crippen LogP contribution in [0, 0.1) is 5.82 Å². The molecule has 158 valence electrons. The number of aromatic nitrogens is 1. The van der Waals surface area contributed by atoms with Gasteiger partial charge in [-0.2, -0.15) is 4.31 Å². The Hall–Kier alpha value is -2.56. The smallest absolute Gasteiger partial charge is 0.307 e.